The van der Waals surface area contributed by atoms with Gasteiger partial charge in [0.15, 0.2) is 0 Å². The molecule has 0 saturated heterocycles. The van der Waals surface area contributed by atoms with Crippen molar-refractivity contribution < 1.29 is 13.9 Å². The predicted molar refractivity (Wildman–Crippen MR) is 120 cm³/mol. The molecule has 31 heavy (non-hydrogen) atoms. The van der Waals surface area contributed by atoms with Crippen molar-refractivity contribution >= 4 is 27.7 Å². The molecule has 2 aromatic heterocycles. The van der Waals surface area contributed by atoms with Gasteiger partial charge in [-0.05, 0) is 55.2 Å². The number of nitrogens with zero attached hydrogens (tertiary/aromatic N) is 2. The third-order valence-electron chi connectivity index (χ3n) is 5.33. The first-order valence-corrected chi connectivity index (χ1v) is 10.8. The van der Waals surface area contributed by atoms with E-state index in [1.807, 2.05) is 24.3 Å². The second-order valence-electron chi connectivity index (χ2n) is 7.51. The van der Waals surface area contributed by atoms with Crippen LogP contribution in [0.4, 0.5) is 10.2 Å². The van der Waals surface area contributed by atoms with Gasteiger partial charge in [-0.25, -0.2) is 9.37 Å². The molecule has 0 spiro atoms. The van der Waals surface area contributed by atoms with Gasteiger partial charge in [0.05, 0.1) is 36.2 Å². The Morgan fingerprint density at radius 3 is 2.71 bits per heavy atom. The number of hydrogen-bond donors (Lipinski definition) is 2. The average Bonchev–Trinajstić information content (AvgIpc) is 3.21. The van der Waals surface area contributed by atoms with Crippen molar-refractivity contribution in [1.82, 2.24) is 15.3 Å². The standard InChI is InChI=1S/C23H22BrFN4O2/c24-16-6-4-14(5-7-16)13-31-21-3-1-2-20(21)29-23(30)18-10-15(11-28-22(18)26)19-9-8-17(25)12-27-19/h4-12,20-21H,1-3,13H2,(H2,26,28)(H,29,30)/t20-,21-/m0/s1. The van der Waals surface area contributed by atoms with Crippen LogP contribution in [0.25, 0.3) is 11.3 Å². The number of nitrogens with two attached hydrogens (primary N) is 1. The zero-order chi connectivity index (χ0) is 21.8. The van der Waals surface area contributed by atoms with Crippen molar-refractivity contribution in [2.45, 2.75) is 38.0 Å². The Bertz CT molecular complexity index is 1060. The van der Waals surface area contributed by atoms with Gasteiger partial charge in [0.1, 0.15) is 11.6 Å². The SMILES string of the molecule is Nc1ncc(-c2ccc(F)cn2)cc1C(=O)N[C@H]1CCC[C@@H]1OCc1ccc(Br)cc1. The number of ether oxygens (including phenoxy) is 1. The Balaban J connectivity index is 1.43. The van der Waals surface area contributed by atoms with Crippen LogP contribution in [0.2, 0.25) is 0 Å². The second-order valence-corrected chi connectivity index (χ2v) is 8.42. The third-order valence-corrected chi connectivity index (χ3v) is 5.86. The van der Waals surface area contributed by atoms with Crippen LogP contribution < -0.4 is 11.1 Å². The van der Waals surface area contributed by atoms with E-state index < -0.39 is 5.82 Å². The molecule has 6 nitrogen and oxygen atoms in total. The molecule has 3 N–H and O–H groups in total. The van der Waals surface area contributed by atoms with Gasteiger partial charge in [-0.15, -0.1) is 0 Å². The molecule has 2 atom stereocenters. The Hall–Kier alpha value is -2.84. The van der Waals surface area contributed by atoms with Crippen molar-refractivity contribution in [1.29, 1.82) is 0 Å². The molecule has 160 valence electrons. The van der Waals surface area contributed by atoms with E-state index in [0.29, 0.717) is 17.9 Å². The lowest BCUT2D eigenvalue weighted by Gasteiger charge is -2.22. The fourth-order valence-corrected chi connectivity index (χ4v) is 3.93. The minimum atomic E-state index is -0.430. The van der Waals surface area contributed by atoms with Gasteiger partial charge in [0, 0.05) is 16.2 Å². The molecule has 1 amide bonds. The molecule has 0 bridgehead atoms. The number of halogens is 2. The van der Waals surface area contributed by atoms with Crippen LogP contribution in [0.5, 0.6) is 0 Å². The van der Waals surface area contributed by atoms with Gasteiger partial charge in [-0.3, -0.25) is 9.78 Å². The van der Waals surface area contributed by atoms with Crippen molar-refractivity contribution in [2.24, 2.45) is 0 Å². The minimum Gasteiger partial charge on any atom is -0.383 e. The lowest BCUT2D eigenvalue weighted by molar-refractivity contribution is 0.0272. The van der Waals surface area contributed by atoms with Gasteiger partial charge < -0.3 is 15.8 Å². The number of hydrogen-bond acceptors (Lipinski definition) is 5. The number of pyridine rings is 2. The number of benzene rings is 1. The fourth-order valence-electron chi connectivity index (χ4n) is 3.66. The largest absolute Gasteiger partial charge is 0.383 e. The first kappa shape index (κ1) is 21.4. The van der Waals surface area contributed by atoms with Crippen molar-refractivity contribution in [2.75, 3.05) is 5.73 Å². The predicted octanol–water partition coefficient (Wildman–Crippen LogP) is 4.50. The van der Waals surface area contributed by atoms with Gasteiger partial charge in [-0.2, -0.15) is 0 Å². The Kier molecular flexibility index (Phi) is 6.58. The quantitative estimate of drug-likeness (QED) is 0.537. The molecule has 0 unspecified atom stereocenters. The highest BCUT2D eigenvalue weighted by Crippen LogP contribution is 2.25. The third kappa shape index (κ3) is 5.26. The summed E-state index contributed by atoms with van der Waals surface area (Å²) in [5.41, 5.74) is 8.41. The molecule has 1 saturated carbocycles. The summed E-state index contributed by atoms with van der Waals surface area (Å²) in [6.45, 7) is 0.486. The van der Waals surface area contributed by atoms with Crippen LogP contribution in [0.15, 0.2) is 59.3 Å². The molecule has 1 aliphatic rings. The Labute approximate surface area is 188 Å². The van der Waals surface area contributed by atoms with Crippen LogP contribution in [0, 0.1) is 5.82 Å². The summed E-state index contributed by atoms with van der Waals surface area (Å²) in [6, 6.07) is 12.3. The first-order chi connectivity index (χ1) is 15.0. The van der Waals surface area contributed by atoms with E-state index in [4.69, 9.17) is 10.5 Å². The summed E-state index contributed by atoms with van der Waals surface area (Å²) in [5, 5.41) is 3.05. The van der Waals surface area contributed by atoms with E-state index in [1.54, 1.807) is 6.07 Å². The van der Waals surface area contributed by atoms with Gasteiger partial charge >= 0.3 is 0 Å². The lowest BCUT2D eigenvalue weighted by atomic mass is 10.1. The maximum absolute atomic E-state index is 13.2. The maximum Gasteiger partial charge on any atom is 0.255 e. The van der Waals surface area contributed by atoms with Gasteiger partial charge in [-0.1, -0.05) is 28.1 Å². The minimum absolute atomic E-state index is 0.0660. The number of amides is 1. The molecule has 8 heteroatoms. The Morgan fingerprint density at radius 2 is 1.97 bits per heavy atom. The topological polar surface area (TPSA) is 90.1 Å². The van der Waals surface area contributed by atoms with E-state index in [-0.39, 0.29) is 29.4 Å². The summed E-state index contributed by atoms with van der Waals surface area (Å²) in [4.78, 5) is 21.1. The smallest absolute Gasteiger partial charge is 0.255 e. The van der Waals surface area contributed by atoms with E-state index >= 15 is 0 Å². The van der Waals surface area contributed by atoms with Crippen molar-refractivity contribution in [3.63, 3.8) is 0 Å². The number of carbonyl (C=O) groups is 1. The van der Waals surface area contributed by atoms with E-state index in [1.165, 1.54) is 18.3 Å². The lowest BCUT2D eigenvalue weighted by Crippen LogP contribution is -2.41. The van der Waals surface area contributed by atoms with Crippen molar-refractivity contribution in [3.05, 3.63) is 76.3 Å². The molecule has 3 aromatic rings. The van der Waals surface area contributed by atoms with Crippen LogP contribution in [-0.4, -0.2) is 28.0 Å². The normalized spacial score (nSPS) is 18.1. The number of anilines is 1. The monoisotopic (exact) mass is 484 g/mol. The van der Waals surface area contributed by atoms with Crippen LogP contribution in [-0.2, 0) is 11.3 Å². The van der Waals surface area contributed by atoms with Crippen LogP contribution in [0.3, 0.4) is 0 Å². The molecule has 4 rings (SSSR count). The molecule has 2 heterocycles. The number of nitrogen functional groups attached to an aromatic ring is 1. The highest BCUT2D eigenvalue weighted by Gasteiger charge is 2.30. The van der Waals surface area contributed by atoms with Crippen LogP contribution >= 0.6 is 15.9 Å². The van der Waals surface area contributed by atoms with E-state index in [9.17, 15) is 9.18 Å². The van der Waals surface area contributed by atoms with Crippen molar-refractivity contribution in [3.8, 4) is 11.3 Å². The number of aromatic nitrogens is 2. The highest BCUT2D eigenvalue weighted by molar-refractivity contribution is 9.10. The summed E-state index contributed by atoms with van der Waals surface area (Å²) < 4.78 is 20.3. The number of carbonyl (C=O) groups excluding carboxylic acids is 1. The molecular formula is C23H22BrFN4O2. The molecule has 1 aliphatic carbocycles. The summed E-state index contributed by atoms with van der Waals surface area (Å²) >= 11 is 3.43. The zero-order valence-electron chi connectivity index (χ0n) is 16.7. The molecule has 0 aliphatic heterocycles. The maximum atomic E-state index is 13.2. The molecule has 0 radical (unpaired) electrons. The Morgan fingerprint density at radius 1 is 1.16 bits per heavy atom. The number of nitrogens with one attached hydrogen (secondary N) is 1. The summed E-state index contributed by atoms with van der Waals surface area (Å²) in [7, 11) is 0. The first-order valence-electron chi connectivity index (χ1n) is 10.0. The average molecular weight is 485 g/mol. The molecule has 1 fully saturated rings. The van der Waals surface area contributed by atoms with Gasteiger partial charge in [0.25, 0.3) is 5.91 Å². The van der Waals surface area contributed by atoms with E-state index in [0.717, 1.165) is 35.5 Å². The van der Waals surface area contributed by atoms with Gasteiger partial charge in [0.2, 0.25) is 0 Å². The zero-order valence-corrected chi connectivity index (χ0v) is 18.3. The second kappa shape index (κ2) is 9.53. The number of rotatable bonds is 6. The molecular weight excluding hydrogens is 463 g/mol. The fraction of sp³-hybridized carbons (Fsp3) is 0.261. The summed E-state index contributed by atoms with van der Waals surface area (Å²) in [6.07, 6.45) is 5.27. The molecule has 1 aromatic carbocycles. The van der Waals surface area contributed by atoms with E-state index in [2.05, 4.69) is 31.2 Å². The van der Waals surface area contributed by atoms with Crippen LogP contribution in [0.1, 0.15) is 35.2 Å². The summed E-state index contributed by atoms with van der Waals surface area (Å²) in [5.74, 6) is -0.604. The highest BCUT2D eigenvalue weighted by atomic mass is 79.9.